The number of anilines is 1. The maximum absolute atomic E-state index is 4.36. The van der Waals surface area contributed by atoms with Gasteiger partial charge in [-0.15, -0.1) is 0 Å². The highest BCUT2D eigenvalue weighted by Gasteiger charge is 2.22. The second-order valence-electron chi connectivity index (χ2n) is 4.49. The van der Waals surface area contributed by atoms with Crippen molar-refractivity contribution in [2.24, 2.45) is 0 Å². The van der Waals surface area contributed by atoms with Gasteiger partial charge in [0.2, 0.25) is 0 Å². The van der Waals surface area contributed by atoms with Gasteiger partial charge >= 0.3 is 0 Å². The van der Waals surface area contributed by atoms with Crippen LogP contribution in [0.2, 0.25) is 0 Å². The third-order valence-electron chi connectivity index (χ3n) is 3.33. The Kier molecular flexibility index (Phi) is 3.12. The van der Waals surface area contributed by atoms with Crippen LogP contribution in [-0.2, 0) is 0 Å². The molecule has 0 unspecified atom stereocenters. The van der Waals surface area contributed by atoms with Gasteiger partial charge in [-0.25, -0.2) is 19.9 Å². The second kappa shape index (κ2) is 5.08. The first-order chi connectivity index (χ1) is 8.93. The van der Waals surface area contributed by atoms with E-state index in [4.69, 9.17) is 0 Å². The van der Waals surface area contributed by atoms with Crippen molar-refractivity contribution in [3.8, 4) is 0 Å². The molecule has 1 aliphatic rings. The SMILES string of the molecule is c1cc([C@H]2CCCN(c3ccncn3)C2)ncn1. The van der Waals surface area contributed by atoms with Crippen LogP contribution in [0.25, 0.3) is 0 Å². The minimum Gasteiger partial charge on any atom is -0.356 e. The molecule has 5 heteroatoms. The predicted octanol–water partition coefficient (Wildman–Crippen LogP) is 1.65. The molecule has 0 spiro atoms. The average molecular weight is 241 g/mol. The number of aromatic nitrogens is 4. The van der Waals surface area contributed by atoms with Crippen molar-refractivity contribution in [1.82, 2.24) is 19.9 Å². The Morgan fingerprint density at radius 3 is 2.61 bits per heavy atom. The zero-order chi connectivity index (χ0) is 12.2. The van der Waals surface area contributed by atoms with Crippen LogP contribution < -0.4 is 4.90 Å². The summed E-state index contributed by atoms with van der Waals surface area (Å²) in [7, 11) is 0. The molecule has 2 aromatic rings. The summed E-state index contributed by atoms with van der Waals surface area (Å²) in [6.07, 6.45) is 9.17. The molecule has 0 saturated carbocycles. The van der Waals surface area contributed by atoms with E-state index in [1.54, 1.807) is 18.9 Å². The summed E-state index contributed by atoms with van der Waals surface area (Å²) >= 11 is 0. The van der Waals surface area contributed by atoms with Crippen LogP contribution in [0.15, 0.2) is 37.2 Å². The molecule has 0 aromatic carbocycles. The lowest BCUT2D eigenvalue weighted by Crippen LogP contribution is -2.35. The summed E-state index contributed by atoms with van der Waals surface area (Å²) in [6, 6.07) is 3.97. The van der Waals surface area contributed by atoms with E-state index in [9.17, 15) is 0 Å². The molecule has 1 atom stereocenters. The average Bonchev–Trinajstić information content (AvgIpc) is 2.49. The highest BCUT2D eigenvalue weighted by atomic mass is 15.2. The summed E-state index contributed by atoms with van der Waals surface area (Å²) in [5.41, 5.74) is 1.13. The Morgan fingerprint density at radius 2 is 1.89 bits per heavy atom. The fourth-order valence-corrected chi connectivity index (χ4v) is 2.44. The van der Waals surface area contributed by atoms with Gasteiger partial charge in [-0.1, -0.05) is 0 Å². The lowest BCUT2D eigenvalue weighted by molar-refractivity contribution is 0.498. The molecule has 1 aliphatic heterocycles. The van der Waals surface area contributed by atoms with Gasteiger partial charge in [-0.3, -0.25) is 0 Å². The minimum atomic E-state index is 0.469. The molecule has 0 bridgehead atoms. The Morgan fingerprint density at radius 1 is 1.06 bits per heavy atom. The maximum atomic E-state index is 4.36. The van der Waals surface area contributed by atoms with Crippen molar-refractivity contribution in [2.45, 2.75) is 18.8 Å². The molecule has 5 nitrogen and oxygen atoms in total. The van der Waals surface area contributed by atoms with Gasteiger partial charge in [-0.05, 0) is 25.0 Å². The number of hydrogen-bond donors (Lipinski definition) is 0. The van der Waals surface area contributed by atoms with Crippen molar-refractivity contribution < 1.29 is 0 Å². The second-order valence-corrected chi connectivity index (χ2v) is 4.49. The van der Waals surface area contributed by atoms with E-state index in [1.165, 1.54) is 12.8 Å². The summed E-state index contributed by atoms with van der Waals surface area (Å²) < 4.78 is 0. The van der Waals surface area contributed by atoms with Gasteiger partial charge in [0, 0.05) is 37.1 Å². The molecule has 0 amide bonds. The van der Waals surface area contributed by atoms with Crippen molar-refractivity contribution in [1.29, 1.82) is 0 Å². The smallest absolute Gasteiger partial charge is 0.131 e. The van der Waals surface area contributed by atoms with Crippen LogP contribution in [0, 0.1) is 0 Å². The van der Waals surface area contributed by atoms with Crippen molar-refractivity contribution in [3.63, 3.8) is 0 Å². The molecule has 1 saturated heterocycles. The Labute approximate surface area is 106 Å². The minimum absolute atomic E-state index is 0.469. The molecule has 2 aromatic heterocycles. The van der Waals surface area contributed by atoms with E-state index in [0.717, 1.165) is 24.6 Å². The number of rotatable bonds is 2. The van der Waals surface area contributed by atoms with Gasteiger partial charge in [-0.2, -0.15) is 0 Å². The molecule has 1 fully saturated rings. The fourth-order valence-electron chi connectivity index (χ4n) is 2.44. The van der Waals surface area contributed by atoms with E-state index >= 15 is 0 Å². The van der Waals surface area contributed by atoms with Crippen LogP contribution in [0.3, 0.4) is 0 Å². The summed E-state index contributed by atoms with van der Waals surface area (Å²) in [5, 5.41) is 0. The van der Waals surface area contributed by atoms with E-state index in [-0.39, 0.29) is 0 Å². The van der Waals surface area contributed by atoms with Crippen LogP contribution in [0.4, 0.5) is 5.82 Å². The van der Waals surface area contributed by atoms with E-state index in [1.807, 2.05) is 18.3 Å². The topological polar surface area (TPSA) is 54.8 Å². The van der Waals surface area contributed by atoms with Crippen molar-refractivity contribution in [2.75, 3.05) is 18.0 Å². The first kappa shape index (κ1) is 11.1. The highest BCUT2D eigenvalue weighted by Crippen LogP contribution is 2.27. The van der Waals surface area contributed by atoms with Gasteiger partial charge < -0.3 is 4.90 Å². The number of piperidine rings is 1. The zero-order valence-corrected chi connectivity index (χ0v) is 10.1. The van der Waals surface area contributed by atoms with Crippen LogP contribution in [0.1, 0.15) is 24.5 Å². The summed E-state index contributed by atoms with van der Waals surface area (Å²) in [5.74, 6) is 1.47. The lowest BCUT2D eigenvalue weighted by atomic mass is 9.94. The molecule has 0 aliphatic carbocycles. The highest BCUT2D eigenvalue weighted by molar-refractivity contribution is 5.38. The molecular weight excluding hydrogens is 226 g/mol. The van der Waals surface area contributed by atoms with E-state index in [0.29, 0.717) is 5.92 Å². The lowest BCUT2D eigenvalue weighted by Gasteiger charge is -2.33. The van der Waals surface area contributed by atoms with Crippen LogP contribution in [-0.4, -0.2) is 33.0 Å². The Balaban J connectivity index is 1.77. The molecule has 18 heavy (non-hydrogen) atoms. The largest absolute Gasteiger partial charge is 0.356 e. The first-order valence-corrected chi connectivity index (χ1v) is 6.20. The van der Waals surface area contributed by atoms with E-state index < -0.39 is 0 Å². The Hall–Kier alpha value is -2.04. The van der Waals surface area contributed by atoms with E-state index in [2.05, 4.69) is 24.8 Å². The molecular formula is C13H15N5. The molecule has 0 radical (unpaired) electrons. The quantitative estimate of drug-likeness (QED) is 0.800. The fraction of sp³-hybridized carbons (Fsp3) is 0.385. The van der Waals surface area contributed by atoms with Crippen LogP contribution >= 0.6 is 0 Å². The van der Waals surface area contributed by atoms with Gasteiger partial charge in [0.25, 0.3) is 0 Å². The molecule has 92 valence electrons. The van der Waals surface area contributed by atoms with Gasteiger partial charge in [0.05, 0.1) is 0 Å². The summed E-state index contributed by atoms with van der Waals surface area (Å²) in [6.45, 7) is 2.02. The Bertz CT molecular complexity index is 442. The molecule has 3 rings (SSSR count). The number of nitrogens with zero attached hydrogens (tertiary/aromatic N) is 5. The van der Waals surface area contributed by atoms with Gasteiger partial charge in [0.1, 0.15) is 18.5 Å². The zero-order valence-electron chi connectivity index (χ0n) is 10.1. The number of hydrogen-bond acceptors (Lipinski definition) is 5. The maximum Gasteiger partial charge on any atom is 0.131 e. The monoisotopic (exact) mass is 241 g/mol. The third kappa shape index (κ3) is 2.30. The van der Waals surface area contributed by atoms with Gasteiger partial charge in [0.15, 0.2) is 0 Å². The first-order valence-electron chi connectivity index (χ1n) is 6.20. The molecule has 0 N–H and O–H groups in total. The van der Waals surface area contributed by atoms with Crippen molar-refractivity contribution >= 4 is 5.82 Å². The normalized spacial score (nSPS) is 19.8. The van der Waals surface area contributed by atoms with Crippen LogP contribution in [0.5, 0.6) is 0 Å². The summed E-state index contributed by atoms with van der Waals surface area (Å²) in [4.78, 5) is 18.9. The standard InChI is InChI=1S/C13H15N5/c1-2-11(12-3-5-14-9-16-12)8-18(7-1)13-4-6-15-10-17-13/h3-6,9-11H,1-2,7-8H2/t11-/m0/s1. The predicted molar refractivity (Wildman–Crippen MR) is 68.3 cm³/mol. The third-order valence-corrected chi connectivity index (χ3v) is 3.33. The molecule has 3 heterocycles. The van der Waals surface area contributed by atoms with Crippen molar-refractivity contribution in [3.05, 3.63) is 42.9 Å².